The monoisotopic (exact) mass is 384 g/mol. The molecule has 0 aliphatic rings. The van der Waals surface area contributed by atoms with Crippen LogP contribution in [0.3, 0.4) is 0 Å². The van der Waals surface area contributed by atoms with Gasteiger partial charge in [-0.2, -0.15) is 5.10 Å². The summed E-state index contributed by atoms with van der Waals surface area (Å²) >= 11 is 0. The van der Waals surface area contributed by atoms with E-state index in [-0.39, 0.29) is 18.6 Å². The van der Waals surface area contributed by atoms with E-state index < -0.39 is 23.5 Å². The molecular weight excluding hydrogens is 364 g/mol. The third-order valence-corrected chi connectivity index (χ3v) is 4.15. The first-order valence-corrected chi connectivity index (χ1v) is 8.83. The number of aryl methyl sites for hydroxylation is 1. The minimum atomic E-state index is -1.56. The zero-order valence-electron chi connectivity index (χ0n) is 15.8. The van der Waals surface area contributed by atoms with E-state index in [4.69, 9.17) is 9.47 Å². The molecule has 0 aliphatic carbocycles. The highest BCUT2D eigenvalue weighted by Crippen LogP contribution is 2.18. The number of rotatable bonds is 6. The van der Waals surface area contributed by atoms with Crippen LogP contribution in [0.5, 0.6) is 0 Å². The quantitative estimate of drug-likeness (QED) is 0.469. The lowest BCUT2D eigenvalue weighted by molar-refractivity contribution is -0.160. The summed E-state index contributed by atoms with van der Waals surface area (Å²) in [5.74, 6) is -1.76. The summed E-state index contributed by atoms with van der Waals surface area (Å²) in [6, 6.07) is 5.96. The molecule has 2 aromatic heterocycles. The van der Waals surface area contributed by atoms with Gasteiger partial charge in [0.25, 0.3) is 5.56 Å². The van der Waals surface area contributed by atoms with E-state index >= 15 is 0 Å². The van der Waals surface area contributed by atoms with Crippen molar-refractivity contribution in [3.63, 3.8) is 0 Å². The van der Waals surface area contributed by atoms with Crippen LogP contribution >= 0.6 is 0 Å². The molecule has 9 nitrogen and oxygen atoms in total. The minimum absolute atomic E-state index is 0.0599. The fraction of sp³-hybridized carbons (Fsp3) is 0.316. The van der Waals surface area contributed by atoms with E-state index in [9.17, 15) is 14.4 Å². The molecule has 1 aromatic carbocycles. The maximum Gasteiger partial charge on any atom is 0.341 e. The van der Waals surface area contributed by atoms with Crippen LogP contribution in [0.15, 0.2) is 41.6 Å². The molecule has 146 valence electrons. The van der Waals surface area contributed by atoms with Crippen molar-refractivity contribution in [1.29, 1.82) is 0 Å². The molecule has 9 heteroatoms. The number of ether oxygens (including phenoxy) is 2. The van der Waals surface area contributed by atoms with Crippen molar-refractivity contribution in [1.82, 2.24) is 19.3 Å². The third kappa shape index (κ3) is 3.38. The molecule has 0 unspecified atom stereocenters. The molecule has 0 bridgehead atoms. The van der Waals surface area contributed by atoms with Crippen LogP contribution in [0, 0.1) is 6.92 Å². The largest absolute Gasteiger partial charge is 0.464 e. The molecule has 0 aliphatic heterocycles. The van der Waals surface area contributed by atoms with Gasteiger partial charge in [0.1, 0.15) is 11.7 Å². The number of para-hydroxylation sites is 1. The zero-order valence-corrected chi connectivity index (χ0v) is 15.8. The van der Waals surface area contributed by atoms with Gasteiger partial charge in [-0.15, -0.1) is 0 Å². The smallest absolute Gasteiger partial charge is 0.341 e. The van der Waals surface area contributed by atoms with E-state index in [0.29, 0.717) is 5.65 Å². The van der Waals surface area contributed by atoms with Gasteiger partial charge in [-0.05, 0) is 32.4 Å². The standard InChI is InChI=1S/C19H20N4O5/c1-4-27-18(25)15(19(26)28-5-2)22-11-20-16-13(17(22)24)10-21-23(16)14-9-7-6-8-12(14)3/h6-11,15H,4-5H2,1-3H3. The summed E-state index contributed by atoms with van der Waals surface area (Å²) in [5, 5.41) is 4.43. The predicted molar refractivity (Wildman–Crippen MR) is 100 cm³/mol. The van der Waals surface area contributed by atoms with E-state index in [1.807, 2.05) is 31.2 Å². The van der Waals surface area contributed by atoms with Crippen LogP contribution in [-0.4, -0.2) is 44.5 Å². The Morgan fingerprint density at radius 3 is 2.36 bits per heavy atom. The van der Waals surface area contributed by atoms with E-state index in [1.165, 1.54) is 6.20 Å². The van der Waals surface area contributed by atoms with E-state index in [1.54, 1.807) is 18.5 Å². The van der Waals surface area contributed by atoms with Crippen LogP contribution in [-0.2, 0) is 19.1 Å². The minimum Gasteiger partial charge on any atom is -0.464 e. The van der Waals surface area contributed by atoms with Crippen molar-refractivity contribution < 1.29 is 19.1 Å². The Labute approximate surface area is 160 Å². The summed E-state index contributed by atoms with van der Waals surface area (Å²) in [4.78, 5) is 41.8. The predicted octanol–water partition coefficient (Wildman–Crippen LogP) is 1.56. The molecule has 28 heavy (non-hydrogen) atoms. The number of nitrogens with zero attached hydrogens (tertiary/aromatic N) is 4. The number of hydrogen-bond donors (Lipinski definition) is 0. The highest BCUT2D eigenvalue weighted by Gasteiger charge is 2.33. The molecule has 0 atom stereocenters. The number of benzene rings is 1. The molecule has 0 saturated heterocycles. The maximum atomic E-state index is 13.0. The molecule has 3 aromatic rings. The van der Waals surface area contributed by atoms with Crippen LogP contribution in [0.4, 0.5) is 0 Å². The normalized spacial score (nSPS) is 11.0. The third-order valence-electron chi connectivity index (χ3n) is 4.15. The topological polar surface area (TPSA) is 105 Å². The van der Waals surface area contributed by atoms with Crippen LogP contribution < -0.4 is 5.56 Å². The molecule has 0 spiro atoms. The first kappa shape index (κ1) is 19.3. The maximum absolute atomic E-state index is 13.0. The van der Waals surface area contributed by atoms with Gasteiger partial charge in [-0.1, -0.05) is 18.2 Å². The van der Waals surface area contributed by atoms with E-state index in [0.717, 1.165) is 22.1 Å². The molecule has 0 amide bonds. The van der Waals surface area contributed by atoms with Gasteiger partial charge in [0, 0.05) is 0 Å². The highest BCUT2D eigenvalue weighted by molar-refractivity contribution is 5.97. The van der Waals surface area contributed by atoms with Crippen molar-refractivity contribution >= 4 is 23.0 Å². The first-order valence-electron chi connectivity index (χ1n) is 8.83. The summed E-state index contributed by atoms with van der Waals surface area (Å²) in [6.07, 6.45) is 2.50. The summed E-state index contributed by atoms with van der Waals surface area (Å²) in [5.41, 5.74) is 1.46. The lowest BCUT2D eigenvalue weighted by atomic mass is 10.2. The van der Waals surface area contributed by atoms with Crippen molar-refractivity contribution in [2.24, 2.45) is 0 Å². The Morgan fingerprint density at radius 1 is 1.11 bits per heavy atom. The number of esters is 2. The molecule has 0 saturated carbocycles. The van der Waals surface area contributed by atoms with Gasteiger partial charge in [0.15, 0.2) is 5.65 Å². The molecule has 3 rings (SSSR count). The van der Waals surface area contributed by atoms with E-state index in [2.05, 4.69) is 10.1 Å². The highest BCUT2D eigenvalue weighted by atomic mass is 16.6. The SMILES string of the molecule is CCOC(=O)C(C(=O)OCC)n1cnc2c(cnn2-c2ccccc2C)c1=O. The summed E-state index contributed by atoms with van der Waals surface area (Å²) in [6.45, 7) is 5.25. The Bertz CT molecular complexity index is 1070. The van der Waals surface area contributed by atoms with Crippen molar-refractivity contribution in [3.05, 3.63) is 52.7 Å². The number of hydrogen-bond acceptors (Lipinski definition) is 7. The lowest BCUT2D eigenvalue weighted by Gasteiger charge is -2.16. The first-order chi connectivity index (χ1) is 13.5. The molecule has 0 radical (unpaired) electrons. The fourth-order valence-electron chi connectivity index (χ4n) is 2.85. The molecule has 2 heterocycles. The second kappa shape index (κ2) is 8.03. The fourth-order valence-corrected chi connectivity index (χ4v) is 2.85. The summed E-state index contributed by atoms with van der Waals surface area (Å²) < 4.78 is 12.3. The Balaban J connectivity index is 2.14. The Morgan fingerprint density at radius 2 is 1.75 bits per heavy atom. The average molecular weight is 384 g/mol. The molecule has 0 fully saturated rings. The number of aromatic nitrogens is 4. The van der Waals surface area contributed by atoms with Crippen LogP contribution in [0.25, 0.3) is 16.7 Å². The second-order valence-electron chi connectivity index (χ2n) is 5.94. The lowest BCUT2D eigenvalue weighted by Crippen LogP contribution is -2.37. The summed E-state index contributed by atoms with van der Waals surface area (Å²) in [7, 11) is 0. The van der Waals surface area contributed by atoms with Gasteiger partial charge in [0.2, 0.25) is 6.04 Å². The van der Waals surface area contributed by atoms with Crippen LogP contribution in [0.1, 0.15) is 25.5 Å². The molecule has 0 N–H and O–H groups in total. The van der Waals surface area contributed by atoms with Crippen molar-refractivity contribution in [2.45, 2.75) is 26.8 Å². The Kier molecular flexibility index (Phi) is 5.53. The number of carbonyl (C=O) groups is 2. The van der Waals surface area contributed by atoms with Crippen molar-refractivity contribution in [2.75, 3.05) is 13.2 Å². The number of fused-ring (bicyclic) bond motifs is 1. The van der Waals surface area contributed by atoms with Crippen LogP contribution in [0.2, 0.25) is 0 Å². The van der Waals surface area contributed by atoms with Gasteiger partial charge in [-0.3, -0.25) is 9.36 Å². The number of carbonyl (C=O) groups excluding carboxylic acids is 2. The average Bonchev–Trinajstić information content (AvgIpc) is 3.09. The second-order valence-corrected chi connectivity index (χ2v) is 5.94. The van der Waals surface area contributed by atoms with Gasteiger partial charge >= 0.3 is 11.9 Å². The molecular formula is C19H20N4O5. The van der Waals surface area contributed by atoms with Gasteiger partial charge in [0.05, 0.1) is 25.1 Å². The Hall–Kier alpha value is -3.49. The zero-order chi connectivity index (χ0) is 20.3. The van der Waals surface area contributed by atoms with Gasteiger partial charge < -0.3 is 9.47 Å². The van der Waals surface area contributed by atoms with Gasteiger partial charge in [-0.25, -0.2) is 19.3 Å². The van der Waals surface area contributed by atoms with Crippen molar-refractivity contribution in [3.8, 4) is 5.69 Å².